The second-order valence-corrected chi connectivity index (χ2v) is 7.13. The number of urea groups is 1. The molecule has 0 fully saturated rings. The maximum absolute atomic E-state index is 11.4. The summed E-state index contributed by atoms with van der Waals surface area (Å²) in [6, 6.07) is 7.01. The van der Waals surface area contributed by atoms with E-state index in [1.807, 2.05) is 12.1 Å². The number of nitrogens with one attached hydrogen (secondary N) is 3. The Bertz CT molecular complexity index is 563. The summed E-state index contributed by atoms with van der Waals surface area (Å²) in [6.07, 6.45) is -0.658. The third kappa shape index (κ3) is 16.6. The van der Waals surface area contributed by atoms with Crippen LogP contribution in [0, 0.1) is 5.92 Å². The number of methoxy groups -OCH3 is 1. The number of carbonyl (C=O) groups excluding carboxylic acids is 1. The molecule has 0 heterocycles. The standard InChI is InChI=1S/C21H37N3O6.ClH/c1-17(2)15-28-12-13-29-19-4-6-20(7-5-19)30-16-18(25)14-22-8-9-23-21(26)24-10-11-27-3;/h4-7,17-18,22,25H,8-16H2,1-3H3,(H2,23,24,26);1H. The highest BCUT2D eigenvalue weighted by atomic mass is 35.5. The largest absolute Gasteiger partial charge is 0.491 e. The number of ether oxygens (including phenoxy) is 4. The zero-order chi connectivity index (χ0) is 22.0. The van der Waals surface area contributed by atoms with Gasteiger partial charge in [-0.1, -0.05) is 13.8 Å². The molecule has 10 heteroatoms. The number of aliphatic hydroxyl groups is 1. The summed E-state index contributed by atoms with van der Waals surface area (Å²) in [5.41, 5.74) is 0. The first-order chi connectivity index (χ1) is 14.5. The van der Waals surface area contributed by atoms with Crippen molar-refractivity contribution in [1.82, 2.24) is 16.0 Å². The van der Waals surface area contributed by atoms with Crippen LogP contribution in [0.2, 0.25) is 0 Å². The van der Waals surface area contributed by atoms with Gasteiger partial charge in [0.1, 0.15) is 30.8 Å². The van der Waals surface area contributed by atoms with Gasteiger partial charge in [-0.15, -0.1) is 12.4 Å². The monoisotopic (exact) mass is 463 g/mol. The van der Waals surface area contributed by atoms with Crippen LogP contribution in [-0.4, -0.2) is 83.6 Å². The summed E-state index contributed by atoms with van der Waals surface area (Å²) in [5, 5.41) is 18.4. The fourth-order valence-corrected chi connectivity index (χ4v) is 2.28. The van der Waals surface area contributed by atoms with Crippen molar-refractivity contribution in [3.8, 4) is 11.5 Å². The van der Waals surface area contributed by atoms with E-state index in [1.165, 1.54) is 0 Å². The van der Waals surface area contributed by atoms with Crippen LogP contribution in [0.4, 0.5) is 4.79 Å². The molecule has 31 heavy (non-hydrogen) atoms. The number of aliphatic hydroxyl groups excluding tert-OH is 1. The molecule has 0 spiro atoms. The fraction of sp³-hybridized carbons (Fsp3) is 0.667. The first-order valence-electron chi connectivity index (χ1n) is 10.3. The Morgan fingerprint density at radius 2 is 1.58 bits per heavy atom. The van der Waals surface area contributed by atoms with Gasteiger partial charge in [-0.2, -0.15) is 0 Å². The maximum atomic E-state index is 11.4. The van der Waals surface area contributed by atoms with E-state index >= 15 is 0 Å². The molecular formula is C21H38ClN3O6. The van der Waals surface area contributed by atoms with Crippen LogP contribution < -0.4 is 25.4 Å². The maximum Gasteiger partial charge on any atom is 0.314 e. The van der Waals surface area contributed by atoms with Crippen LogP contribution in [0.15, 0.2) is 24.3 Å². The first kappa shape index (κ1) is 29.2. The van der Waals surface area contributed by atoms with E-state index in [1.54, 1.807) is 19.2 Å². The van der Waals surface area contributed by atoms with Gasteiger partial charge in [0, 0.05) is 39.9 Å². The van der Waals surface area contributed by atoms with Crippen LogP contribution in [0.1, 0.15) is 13.8 Å². The topological polar surface area (TPSA) is 110 Å². The van der Waals surface area contributed by atoms with Crippen molar-refractivity contribution in [1.29, 1.82) is 0 Å². The molecule has 0 saturated heterocycles. The van der Waals surface area contributed by atoms with Crippen molar-refractivity contribution >= 4 is 18.4 Å². The normalized spacial score (nSPS) is 11.5. The molecule has 0 aliphatic rings. The molecule has 0 radical (unpaired) electrons. The molecule has 1 aromatic rings. The Balaban J connectivity index is 0.00000900. The lowest BCUT2D eigenvalue weighted by atomic mass is 10.2. The van der Waals surface area contributed by atoms with Crippen molar-refractivity contribution in [3.63, 3.8) is 0 Å². The van der Waals surface area contributed by atoms with E-state index in [4.69, 9.17) is 18.9 Å². The summed E-state index contributed by atoms with van der Waals surface area (Å²) in [6.45, 7) is 8.47. The average Bonchev–Trinajstić information content (AvgIpc) is 2.72. The first-order valence-corrected chi connectivity index (χ1v) is 10.3. The van der Waals surface area contributed by atoms with Crippen molar-refractivity contribution < 1.29 is 28.8 Å². The van der Waals surface area contributed by atoms with E-state index < -0.39 is 6.10 Å². The molecule has 1 rings (SSSR count). The average molecular weight is 464 g/mol. The molecule has 1 aromatic carbocycles. The molecule has 9 nitrogen and oxygen atoms in total. The molecule has 0 saturated carbocycles. The van der Waals surface area contributed by atoms with Crippen LogP contribution in [0.25, 0.3) is 0 Å². The zero-order valence-electron chi connectivity index (χ0n) is 18.7. The Morgan fingerprint density at radius 1 is 0.935 bits per heavy atom. The van der Waals surface area contributed by atoms with E-state index in [-0.39, 0.29) is 25.0 Å². The van der Waals surface area contributed by atoms with Crippen LogP contribution >= 0.6 is 12.4 Å². The van der Waals surface area contributed by atoms with E-state index in [0.29, 0.717) is 57.7 Å². The van der Waals surface area contributed by atoms with Gasteiger partial charge in [-0.3, -0.25) is 0 Å². The molecule has 1 unspecified atom stereocenters. The minimum Gasteiger partial charge on any atom is -0.491 e. The van der Waals surface area contributed by atoms with Crippen molar-refractivity contribution in [2.24, 2.45) is 5.92 Å². The lowest BCUT2D eigenvalue weighted by molar-refractivity contribution is 0.0818. The molecule has 180 valence electrons. The molecule has 0 aliphatic heterocycles. The third-order valence-electron chi connectivity index (χ3n) is 3.77. The summed E-state index contributed by atoms with van der Waals surface area (Å²) in [7, 11) is 1.58. The van der Waals surface area contributed by atoms with Crippen molar-refractivity contribution in [3.05, 3.63) is 24.3 Å². The third-order valence-corrected chi connectivity index (χ3v) is 3.77. The number of rotatable bonds is 17. The predicted octanol–water partition coefficient (Wildman–Crippen LogP) is 1.43. The van der Waals surface area contributed by atoms with Gasteiger partial charge in [0.2, 0.25) is 0 Å². The smallest absolute Gasteiger partial charge is 0.314 e. The minimum absolute atomic E-state index is 0. The number of hydrogen-bond donors (Lipinski definition) is 4. The Labute approximate surface area is 191 Å². The van der Waals surface area contributed by atoms with Gasteiger partial charge in [-0.05, 0) is 30.2 Å². The molecule has 0 aliphatic carbocycles. The predicted molar refractivity (Wildman–Crippen MR) is 122 cm³/mol. The van der Waals surface area contributed by atoms with Gasteiger partial charge >= 0.3 is 6.03 Å². The van der Waals surface area contributed by atoms with Crippen LogP contribution in [0.5, 0.6) is 11.5 Å². The minimum atomic E-state index is -0.658. The zero-order valence-corrected chi connectivity index (χ0v) is 19.5. The van der Waals surface area contributed by atoms with Crippen LogP contribution in [-0.2, 0) is 9.47 Å². The molecular weight excluding hydrogens is 426 g/mol. The number of amides is 2. The Morgan fingerprint density at radius 3 is 2.23 bits per heavy atom. The molecule has 2 amide bonds. The van der Waals surface area contributed by atoms with Gasteiger partial charge in [0.05, 0.1) is 13.2 Å². The molecule has 4 N–H and O–H groups in total. The van der Waals surface area contributed by atoms with Crippen molar-refractivity contribution in [2.75, 3.05) is 66.3 Å². The highest BCUT2D eigenvalue weighted by Crippen LogP contribution is 2.17. The number of hydrogen-bond acceptors (Lipinski definition) is 7. The Hall–Kier alpha value is -1.78. The number of carbonyl (C=O) groups is 1. The molecule has 0 bridgehead atoms. The second-order valence-electron chi connectivity index (χ2n) is 7.13. The highest BCUT2D eigenvalue weighted by molar-refractivity contribution is 5.85. The summed E-state index contributed by atoms with van der Waals surface area (Å²) >= 11 is 0. The van der Waals surface area contributed by atoms with Gasteiger partial charge in [0.15, 0.2) is 0 Å². The second kappa shape index (κ2) is 18.9. The van der Waals surface area contributed by atoms with E-state index in [0.717, 1.165) is 12.4 Å². The quantitative estimate of drug-likeness (QED) is 0.259. The Kier molecular flexibility index (Phi) is 17.9. The van der Waals surface area contributed by atoms with Crippen LogP contribution in [0.3, 0.4) is 0 Å². The SMILES string of the molecule is COCCNC(=O)NCCNCC(O)COc1ccc(OCCOCC(C)C)cc1.Cl. The van der Waals surface area contributed by atoms with E-state index in [2.05, 4.69) is 29.8 Å². The summed E-state index contributed by atoms with van der Waals surface area (Å²) in [5.74, 6) is 1.92. The number of benzene rings is 1. The molecule has 0 aromatic heterocycles. The van der Waals surface area contributed by atoms with Gasteiger partial charge < -0.3 is 40.0 Å². The van der Waals surface area contributed by atoms with Gasteiger partial charge in [0.25, 0.3) is 0 Å². The van der Waals surface area contributed by atoms with Crippen molar-refractivity contribution in [2.45, 2.75) is 20.0 Å². The summed E-state index contributed by atoms with van der Waals surface area (Å²) in [4.78, 5) is 11.4. The lowest BCUT2D eigenvalue weighted by Gasteiger charge is -2.14. The highest BCUT2D eigenvalue weighted by Gasteiger charge is 2.06. The lowest BCUT2D eigenvalue weighted by Crippen LogP contribution is -2.41. The number of halogens is 1. The molecule has 1 atom stereocenters. The van der Waals surface area contributed by atoms with Gasteiger partial charge in [-0.25, -0.2) is 4.79 Å². The van der Waals surface area contributed by atoms with E-state index in [9.17, 15) is 9.90 Å². The summed E-state index contributed by atoms with van der Waals surface area (Å²) < 4.78 is 21.5. The fourth-order valence-electron chi connectivity index (χ4n) is 2.28.